The molecule has 0 radical (unpaired) electrons. The molecule has 1 aromatic heterocycles. The molecule has 0 bridgehead atoms. The Balaban J connectivity index is 2.00. The lowest BCUT2D eigenvalue weighted by molar-refractivity contribution is -0.112. The second kappa shape index (κ2) is 4.89. The van der Waals surface area contributed by atoms with E-state index >= 15 is 0 Å². The fourth-order valence-electron chi connectivity index (χ4n) is 2.21. The minimum Gasteiger partial charge on any atom is -0.440 e. The lowest BCUT2D eigenvalue weighted by Crippen LogP contribution is -2.24. The second-order valence-corrected chi connectivity index (χ2v) is 6.47. The number of carbonyl (C=O) groups is 1. The molecule has 0 saturated heterocycles. The number of sulfonamides is 1. The van der Waals surface area contributed by atoms with Crippen LogP contribution in [-0.2, 0) is 14.8 Å². The minimum absolute atomic E-state index is 0.0309. The summed E-state index contributed by atoms with van der Waals surface area (Å²) in [6.07, 6.45) is 3.36. The van der Waals surface area contributed by atoms with Gasteiger partial charge in [-0.25, -0.2) is 13.1 Å². The van der Waals surface area contributed by atoms with Crippen LogP contribution >= 0.6 is 0 Å². The average molecular weight is 303 g/mol. The van der Waals surface area contributed by atoms with Crippen molar-refractivity contribution in [3.63, 3.8) is 0 Å². The number of carbonyl (C=O) groups excluding carboxylic acids is 1. The Morgan fingerprint density at radius 2 is 2.00 bits per heavy atom. The van der Waals surface area contributed by atoms with Crippen molar-refractivity contribution in [1.82, 2.24) is 0 Å². The van der Waals surface area contributed by atoms with E-state index in [0.717, 1.165) is 0 Å². The van der Waals surface area contributed by atoms with E-state index in [4.69, 9.17) is 4.42 Å². The molecule has 5 nitrogen and oxygen atoms in total. The Morgan fingerprint density at radius 1 is 1.24 bits per heavy atom. The standard InChI is InChI=1S/C15H13NO4S/c1-10-4-2-3-5-14(10)21(18,19)16-15-9-11-8-12(17)6-7-13(11)20-15/h2-5,7-9,16H,6H2,1H3. The van der Waals surface area contributed by atoms with E-state index in [1.807, 2.05) is 0 Å². The molecule has 0 aliphatic heterocycles. The number of rotatable bonds is 3. The summed E-state index contributed by atoms with van der Waals surface area (Å²) >= 11 is 0. The van der Waals surface area contributed by atoms with Gasteiger partial charge in [-0.15, -0.1) is 0 Å². The first-order valence-electron chi connectivity index (χ1n) is 6.39. The van der Waals surface area contributed by atoms with Crippen LogP contribution in [0.1, 0.15) is 12.0 Å². The Bertz CT molecular complexity index is 938. The van der Waals surface area contributed by atoms with Crippen molar-refractivity contribution in [1.29, 1.82) is 0 Å². The SMILES string of the molecule is Cc1ccccc1S(=O)(=O)Nc1cc2c(o1)=CCC(=O)C=2. The first-order chi connectivity index (χ1) is 9.95. The summed E-state index contributed by atoms with van der Waals surface area (Å²) in [6.45, 7) is 1.72. The highest BCUT2D eigenvalue weighted by Gasteiger charge is 2.18. The third kappa shape index (κ3) is 2.62. The Morgan fingerprint density at radius 3 is 2.76 bits per heavy atom. The lowest BCUT2D eigenvalue weighted by Gasteiger charge is -2.07. The van der Waals surface area contributed by atoms with Gasteiger partial charge in [-0.1, -0.05) is 18.2 Å². The molecule has 0 atom stereocenters. The maximum absolute atomic E-state index is 12.3. The van der Waals surface area contributed by atoms with Crippen LogP contribution in [0.3, 0.4) is 0 Å². The molecule has 0 amide bonds. The Hall–Kier alpha value is -2.34. The molecule has 0 fully saturated rings. The summed E-state index contributed by atoms with van der Waals surface area (Å²) in [5, 5.41) is 0.591. The van der Waals surface area contributed by atoms with E-state index < -0.39 is 10.0 Å². The van der Waals surface area contributed by atoms with Crippen LogP contribution in [0.5, 0.6) is 0 Å². The summed E-state index contributed by atoms with van der Waals surface area (Å²) in [5.74, 6) is 0.0714. The number of hydrogen-bond donors (Lipinski definition) is 1. The summed E-state index contributed by atoms with van der Waals surface area (Å²) in [5.41, 5.74) is 1.16. The van der Waals surface area contributed by atoms with Crippen LogP contribution in [0.2, 0.25) is 0 Å². The molecule has 1 aliphatic rings. The number of aryl methyl sites for hydroxylation is 1. The van der Waals surface area contributed by atoms with Crippen LogP contribution in [0.25, 0.3) is 12.2 Å². The summed E-state index contributed by atoms with van der Waals surface area (Å²) in [7, 11) is -3.71. The molecule has 108 valence electrons. The minimum atomic E-state index is -3.71. The molecule has 1 N–H and O–H groups in total. The quantitative estimate of drug-likeness (QED) is 0.915. The van der Waals surface area contributed by atoms with Crippen molar-refractivity contribution >= 4 is 33.8 Å². The maximum Gasteiger partial charge on any atom is 0.264 e. The third-order valence-electron chi connectivity index (χ3n) is 3.21. The Labute approximate surface area is 121 Å². The average Bonchev–Trinajstić information content (AvgIpc) is 2.79. The topological polar surface area (TPSA) is 76.4 Å². The van der Waals surface area contributed by atoms with Crippen molar-refractivity contribution in [2.75, 3.05) is 4.72 Å². The van der Waals surface area contributed by atoms with Crippen LogP contribution < -0.4 is 15.4 Å². The molecule has 0 spiro atoms. The van der Waals surface area contributed by atoms with Gasteiger partial charge >= 0.3 is 0 Å². The molecule has 21 heavy (non-hydrogen) atoms. The summed E-state index contributed by atoms with van der Waals surface area (Å²) < 4.78 is 32.5. The number of nitrogens with one attached hydrogen (secondary N) is 1. The van der Waals surface area contributed by atoms with Gasteiger partial charge < -0.3 is 4.42 Å². The van der Waals surface area contributed by atoms with Gasteiger partial charge in [0, 0.05) is 17.7 Å². The number of anilines is 1. The van der Waals surface area contributed by atoms with Gasteiger partial charge in [0.25, 0.3) is 10.0 Å². The lowest BCUT2D eigenvalue weighted by atomic mass is 10.1. The van der Waals surface area contributed by atoms with Crippen LogP contribution in [-0.4, -0.2) is 14.2 Å². The number of furan rings is 1. The highest BCUT2D eigenvalue weighted by Crippen LogP contribution is 2.17. The molecule has 1 aromatic carbocycles. The fourth-order valence-corrected chi connectivity index (χ4v) is 3.44. The van der Waals surface area contributed by atoms with Gasteiger partial charge in [0.15, 0.2) is 5.78 Å². The largest absolute Gasteiger partial charge is 0.440 e. The van der Waals surface area contributed by atoms with E-state index in [1.165, 1.54) is 18.2 Å². The molecular weight excluding hydrogens is 290 g/mol. The molecule has 1 aliphatic carbocycles. The number of benzene rings is 1. The van der Waals surface area contributed by atoms with E-state index in [2.05, 4.69) is 4.72 Å². The fraction of sp³-hybridized carbons (Fsp3) is 0.133. The molecule has 2 aromatic rings. The molecule has 0 saturated carbocycles. The van der Waals surface area contributed by atoms with Crippen LogP contribution in [0.4, 0.5) is 5.88 Å². The molecule has 0 unspecified atom stereocenters. The third-order valence-corrected chi connectivity index (χ3v) is 4.72. The van der Waals surface area contributed by atoms with Crippen LogP contribution in [0, 0.1) is 6.92 Å². The van der Waals surface area contributed by atoms with Crippen molar-refractivity contribution in [3.8, 4) is 0 Å². The van der Waals surface area contributed by atoms with Crippen molar-refractivity contribution in [3.05, 3.63) is 46.5 Å². The first kappa shape index (κ1) is 13.6. The highest BCUT2D eigenvalue weighted by molar-refractivity contribution is 7.92. The zero-order chi connectivity index (χ0) is 15.0. The predicted octanol–water partition coefficient (Wildman–Crippen LogP) is 0.923. The van der Waals surface area contributed by atoms with Gasteiger partial charge in [0.2, 0.25) is 5.88 Å². The number of fused-ring (bicyclic) bond motifs is 1. The predicted molar refractivity (Wildman–Crippen MR) is 78.5 cm³/mol. The molecule has 6 heteroatoms. The van der Waals surface area contributed by atoms with E-state index in [9.17, 15) is 13.2 Å². The zero-order valence-corrected chi connectivity index (χ0v) is 12.1. The van der Waals surface area contributed by atoms with E-state index in [1.54, 1.807) is 31.2 Å². The normalized spacial score (nSPS) is 14.0. The van der Waals surface area contributed by atoms with Gasteiger partial charge in [-0.2, -0.15) is 0 Å². The highest BCUT2D eigenvalue weighted by atomic mass is 32.2. The van der Waals surface area contributed by atoms with E-state index in [-0.39, 0.29) is 23.0 Å². The van der Waals surface area contributed by atoms with Crippen molar-refractivity contribution < 1.29 is 17.6 Å². The maximum atomic E-state index is 12.3. The van der Waals surface area contributed by atoms with Crippen molar-refractivity contribution in [2.45, 2.75) is 18.2 Å². The molecule has 3 rings (SSSR count). The molecule has 1 heterocycles. The van der Waals surface area contributed by atoms with Gasteiger partial charge in [0.05, 0.1) is 4.90 Å². The van der Waals surface area contributed by atoms with Gasteiger partial charge in [-0.05, 0) is 30.7 Å². The number of ketones is 1. The van der Waals surface area contributed by atoms with Gasteiger partial charge in [-0.3, -0.25) is 4.79 Å². The van der Waals surface area contributed by atoms with Crippen molar-refractivity contribution in [2.24, 2.45) is 0 Å². The van der Waals surface area contributed by atoms with E-state index in [0.29, 0.717) is 16.2 Å². The second-order valence-electron chi connectivity index (χ2n) is 4.82. The monoisotopic (exact) mass is 303 g/mol. The summed E-state index contributed by atoms with van der Waals surface area (Å²) in [6, 6.07) is 8.20. The first-order valence-corrected chi connectivity index (χ1v) is 7.87. The zero-order valence-electron chi connectivity index (χ0n) is 11.3. The number of Topliss-reactive ketones (excluding diaryl/α,β-unsaturated/α-hetero) is 1. The Kier molecular flexibility index (Phi) is 3.17. The van der Waals surface area contributed by atoms with Gasteiger partial charge in [0.1, 0.15) is 5.42 Å². The molecular formula is C15H13NO4S. The smallest absolute Gasteiger partial charge is 0.264 e. The number of hydrogen-bond acceptors (Lipinski definition) is 4. The van der Waals surface area contributed by atoms with Crippen LogP contribution in [0.15, 0.2) is 39.6 Å². The summed E-state index contributed by atoms with van der Waals surface area (Å²) in [4.78, 5) is 11.5.